The molecule has 0 bridgehead atoms. The molecule has 0 saturated carbocycles. The minimum absolute atomic E-state index is 0.365. The van der Waals surface area contributed by atoms with Gasteiger partial charge in [-0.2, -0.15) is 0 Å². The fourth-order valence-corrected chi connectivity index (χ4v) is 0.958. The molecule has 1 aromatic carbocycles. The zero-order valence-corrected chi connectivity index (χ0v) is 10.1. The van der Waals surface area contributed by atoms with Crippen LogP contribution in [0.5, 0.6) is 0 Å². The zero-order valence-electron chi connectivity index (χ0n) is 10.1. The molecular weight excluding hydrogens is 212 g/mol. The zero-order chi connectivity index (χ0) is 12.8. The average Bonchev–Trinajstić information content (AvgIpc) is 2.39. The third-order valence-corrected chi connectivity index (χ3v) is 1.71. The van der Waals surface area contributed by atoms with Crippen LogP contribution in [-0.4, -0.2) is 6.47 Å². The van der Waals surface area contributed by atoms with Crippen LogP contribution in [0.15, 0.2) is 67.3 Å². The van der Waals surface area contributed by atoms with Crippen molar-refractivity contribution in [2.45, 2.75) is 13.5 Å². The first-order valence-corrected chi connectivity index (χ1v) is 5.34. The van der Waals surface area contributed by atoms with E-state index in [0.29, 0.717) is 13.1 Å². The van der Waals surface area contributed by atoms with Gasteiger partial charge in [-0.15, -0.1) is 0 Å². The Kier molecular flexibility index (Phi) is 10.5. The van der Waals surface area contributed by atoms with Crippen molar-refractivity contribution in [1.82, 2.24) is 0 Å². The van der Waals surface area contributed by atoms with Gasteiger partial charge in [0.25, 0.3) is 6.47 Å². The highest BCUT2D eigenvalue weighted by Gasteiger charge is 1.87. The molecular formula is C15H18O2. The quantitative estimate of drug-likeness (QED) is 0.570. The third kappa shape index (κ3) is 10.2. The average molecular weight is 230 g/mol. The van der Waals surface area contributed by atoms with Crippen molar-refractivity contribution in [3.05, 3.63) is 72.9 Å². The molecule has 0 spiro atoms. The van der Waals surface area contributed by atoms with Crippen LogP contribution in [-0.2, 0) is 16.1 Å². The number of ether oxygens (including phenoxy) is 1. The molecule has 2 heteroatoms. The minimum atomic E-state index is 0.365. The summed E-state index contributed by atoms with van der Waals surface area (Å²) in [6.07, 6.45) is 9.51. The van der Waals surface area contributed by atoms with E-state index < -0.39 is 0 Å². The summed E-state index contributed by atoms with van der Waals surface area (Å²) in [7, 11) is 0. The first-order valence-electron chi connectivity index (χ1n) is 5.34. The van der Waals surface area contributed by atoms with Crippen molar-refractivity contribution in [2.75, 3.05) is 0 Å². The normalized spacial score (nSPS) is 9.71. The van der Waals surface area contributed by atoms with Crippen molar-refractivity contribution in [2.24, 2.45) is 0 Å². The molecule has 0 radical (unpaired) electrons. The van der Waals surface area contributed by atoms with E-state index in [1.807, 2.05) is 61.6 Å². The molecule has 1 aromatic rings. The maximum atomic E-state index is 9.76. The summed E-state index contributed by atoms with van der Waals surface area (Å²) < 4.78 is 4.54. The Morgan fingerprint density at radius 2 is 1.88 bits per heavy atom. The molecule has 0 aromatic heterocycles. The van der Waals surface area contributed by atoms with Crippen molar-refractivity contribution in [1.29, 1.82) is 0 Å². The SMILES string of the molecule is C=CC=CC=CC.O=COCc1ccccc1. The maximum Gasteiger partial charge on any atom is 0.293 e. The lowest BCUT2D eigenvalue weighted by Gasteiger charge is -1.95. The number of carbonyl (C=O) groups is 1. The molecule has 0 fully saturated rings. The highest BCUT2D eigenvalue weighted by molar-refractivity contribution is 5.37. The fourth-order valence-electron chi connectivity index (χ4n) is 0.958. The number of hydrogen-bond donors (Lipinski definition) is 0. The summed E-state index contributed by atoms with van der Waals surface area (Å²) in [6.45, 7) is 6.31. The predicted octanol–water partition coefficient (Wildman–Crippen LogP) is 3.66. The monoisotopic (exact) mass is 230 g/mol. The summed E-state index contributed by atoms with van der Waals surface area (Å²) in [4.78, 5) is 9.76. The van der Waals surface area contributed by atoms with E-state index in [1.54, 1.807) is 6.08 Å². The van der Waals surface area contributed by atoms with E-state index in [9.17, 15) is 4.79 Å². The topological polar surface area (TPSA) is 26.3 Å². The largest absolute Gasteiger partial charge is 0.463 e. The Bertz CT molecular complexity index is 350. The molecule has 0 aliphatic heterocycles. The van der Waals surface area contributed by atoms with E-state index >= 15 is 0 Å². The third-order valence-electron chi connectivity index (χ3n) is 1.71. The first kappa shape index (κ1) is 14.9. The highest BCUT2D eigenvalue weighted by Crippen LogP contribution is 1.98. The van der Waals surface area contributed by atoms with Gasteiger partial charge in [0.2, 0.25) is 0 Å². The lowest BCUT2D eigenvalue weighted by atomic mass is 10.2. The van der Waals surface area contributed by atoms with Gasteiger partial charge >= 0.3 is 0 Å². The van der Waals surface area contributed by atoms with Gasteiger partial charge in [0.15, 0.2) is 0 Å². The fraction of sp³-hybridized carbons (Fsp3) is 0.133. The lowest BCUT2D eigenvalue weighted by Crippen LogP contribution is -1.88. The molecule has 90 valence electrons. The van der Waals surface area contributed by atoms with Gasteiger partial charge < -0.3 is 4.74 Å². The smallest absolute Gasteiger partial charge is 0.293 e. The van der Waals surface area contributed by atoms with E-state index in [2.05, 4.69) is 11.3 Å². The predicted molar refractivity (Wildman–Crippen MR) is 71.4 cm³/mol. The van der Waals surface area contributed by atoms with E-state index in [4.69, 9.17) is 0 Å². The van der Waals surface area contributed by atoms with Crippen LogP contribution in [0.25, 0.3) is 0 Å². The molecule has 0 aliphatic rings. The molecule has 1 rings (SSSR count). The molecule has 0 saturated heterocycles. The highest BCUT2D eigenvalue weighted by atomic mass is 16.5. The Balaban J connectivity index is 0.000000325. The van der Waals surface area contributed by atoms with Crippen LogP contribution in [0, 0.1) is 0 Å². The van der Waals surface area contributed by atoms with Crippen LogP contribution in [0.2, 0.25) is 0 Å². The number of allylic oxidation sites excluding steroid dienone is 5. The molecule has 17 heavy (non-hydrogen) atoms. The molecule has 0 atom stereocenters. The number of hydrogen-bond acceptors (Lipinski definition) is 2. The van der Waals surface area contributed by atoms with Gasteiger partial charge in [-0.25, -0.2) is 0 Å². The van der Waals surface area contributed by atoms with Gasteiger partial charge in [-0.3, -0.25) is 4.79 Å². The maximum absolute atomic E-state index is 9.76. The summed E-state index contributed by atoms with van der Waals surface area (Å²) in [5.41, 5.74) is 1.01. The number of rotatable bonds is 5. The van der Waals surface area contributed by atoms with Crippen molar-refractivity contribution >= 4 is 6.47 Å². The Labute approximate surface area is 103 Å². The molecule has 0 aliphatic carbocycles. The summed E-state index contributed by atoms with van der Waals surface area (Å²) in [5, 5.41) is 0. The Morgan fingerprint density at radius 3 is 2.41 bits per heavy atom. The van der Waals surface area contributed by atoms with Crippen LogP contribution < -0.4 is 0 Å². The van der Waals surface area contributed by atoms with Gasteiger partial charge in [0.05, 0.1) is 0 Å². The molecule has 0 heterocycles. The summed E-state index contributed by atoms with van der Waals surface area (Å²) >= 11 is 0. The van der Waals surface area contributed by atoms with E-state index in [-0.39, 0.29) is 0 Å². The molecule has 2 nitrogen and oxygen atoms in total. The van der Waals surface area contributed by atoms with Gasteiger partial charge in [0, 0.05) is 0 Å². The van der Waals surface area contributed by atoms with Gasteiger partial charge in [-0.1, -0.05) is 67.3 Å². The van der Waals surface area contributed by atoms with Crippen molar-refractivity contribution in [3.63, 3.8) is 0 Å². The molecule has 0 N–H and O–H groups in total. The van der Waals surface area contributed by atoms with Gasteiger partial charge in [-0.05, 0) is 12.5 Å². The summed E-state index contributed by atoms with van der Waals surface area (Å²) in [6, 6.07) is 9.55. The minimum Gasteiger partial charge on any atom is -0.463 e. The summed E-state index contributed by atoms with van der Waals surface area (Å²) in [5.74, 6) is 0. The first-order chi connectivity index (χ1) is 8.35. The molecule has 0 unspecified atom stereocenters. The second-order valence-corrected chi connectivity index (χ2v) is 3.04. The van der Waals surface area contributed by atoms with Crippen molar-refractivity contribution < 1.29 is 9.53 Å². The number of benzene rings is 1. The number of carbonyl (C=O) groups excluding carboxylic acids is 1. The Morgan fingerprint density at radius 1 is 1.18 bits per heavy atom. The van der Waals surface area contributed by atoms with Crippen LogP contribution >= 0.6 is 0 Å². The second kappa shape index (κ2) is 12.0. The van der Waals surface area contributed by atoms with Crippen LogP contribution in [0.4, 0.5) is 0 Å². The Hall–Kier alpha value is -2.09. The van der Waals surface area contributed by atoms with E-state index in [0.717, 1.165) is 5.56 Å². The second-order valence-electron chi connectivity index (χ2n) is 3.04. The standard InChI is InChI=1S/C8H8O2.C7H10/c9-7-10-6-8-4-2-1-3-5-8;1-3-5-7-6-4-2/h1-5,7H,6H2;3-7H,1H2,2H3. The van der Waals surface area contributed by atoms with E-state index in [1.165, 1.54) is 0 Å². The van der Waals surface area contributed by atoms with Crippen molar-refractivity contribution in [3.8, 4) is 0 Å². The lowest BCUT2D eigenvalue weighted by molar-refractivity contribution is -0.129. The van der Waals surface area contributed by atoms with Gasteiger partial charge in [0.1, 0.15) is 6.61 Å². The van der Waals surface area contributed by atoms with Crippen LogP contribution in [0.3, 0.4) is 0 Å². The van der Waals surface area contributed by atoms with Crippen LogP contribution in [0.1, 0.15) is 12.5 Å². The molecule has 0 amide bonds.